The molecule has 0 amide bonds. The molecular weight excluding hydrogens is 150 g/mol. The molecule has 1 saturated carbocycles. The van der Waals surface area contributed by atoms with E-state index in [2.05, 4.69) is 22.3 Å². The summed E-state index contributed by atoms with van der Waals surface area (Å²) in [5.41, 5.74) is 1.15. The number of hydrogen-bond acceptors (Lipinski definition) is 2. The number of H-pyrrole nitrogens is 1. The average Bonchev–Trinajstić information content (AvgIpc) is 2.58. The normalized spacial score (nSPS) is 30.4. The highest BCUT2D eigenvalue weighted by Crippen LogP contribution is 2.33. The zero-order valence-electron chi connectivity index (χ0n) is 7.45. The lowest BCUT2D eigenvalue weighted by Crippen LogP contribution is -2.10. The average molecular weight is 165 g/mol. The van der Waals surface area contributed by atoms with E-state index in [-0.39, 0.29) is 0 Å². The third-order valence-corrected chi connectivity index (χ3v) is 2.87. The zero-order chi connectivity index (χ0) is 8.39. The molecule has 1 fully saturated rings. The number of nitrogens with one attached hydrogen (secondary N) is 1. The first kappa shape index (κ1) is 7.77. The summed E-state index contributed by atoms with van der Waals surface area (Å²) in [6, 6.07) is 0. The van der Waals surface area contributed by atoms with E-state index in [1.54, 1.807) is 0 Å². The van der Waals surface area contributed by atoms with Crippen molar-refractivity contribution in [3.05, 3.63) is 11.9 Å². The van der Waals surface area contributed by atoms with Crippen molar-refractivity contribution < 1.29 is 0 Å². The lowest BCUT2D eigenvalue weighted by Gasteiger charge is -2.24. The van der Waals surface area contributed by atoms with Gasteiger partial charge < -0.3 is 0 Å². The van der Waals surface area contributed by atoms with Crippen molar-refractivity contribution in [3.8, 4) is 0 Å². The Labute approximate surface area is 72.6 Å². The second-order valence-electron chi connectivity index (χ2n) is 3.85. The van der Waals surface area contributed by atoms with E-state index in [1.807, 2.05) is 6.20 Å². The Hall–Kier alpha value is -0.860. The van der Waals surface area contributed by atoms with E-state index in [1.165, 1.54) is 25.7 Å². The molecule has 2 rings (SSSR count). The predicted octanol–water partition coefficient (Wildman–Crippen LogP) is 2.10. The number of hydrogen-bond donors (Lipinski definition) is 1. The lowest BCUT2D eigenvalue weighted by molar-refractivity contribution is 0.344. The van der Waals surface area contributed by atoms with Crippen LogP contribution in [0.15, 0.2) is 6.20 Å². The van der Waals surface area contributed by atoms with Crippen LogP contribution in [0.1, 0.15) is 44.2 Å². The Bertz CT molecular complexity index is 222. The van der Waals surface area contributed by atoms with Crippen molar-refractivity contribution >= 4 is 0 Å². The van der Waals surface area contributed by atoms with Gasteiger partial charge in [-0.05, 0) is 18.8 Å². The van der Waals surface area contributed by atoms with Gasteiger partial charge in [-0.1, -0.05) is 19.8 Å². The van der Waals surface area contributed by atoms with E-state index >= 15 is 0 Å². The Kier molecular flexibility index (Phi) is 2.11. The Balaban J connectivity index is 1.99. The number of rotatable bonds is 1. The highest BCUT2D eigenvalue weighted by atomic mass is 15.3. The summed E-state index contributed by atoms with van der Waals surface area (Å²) < 4.78 is 0. The highest BCUT2D eigenvalue weighted by Gasteiger charge is 2.20. The third-order valence-electron chi connectivity index (χ3n) is 2.87. The molecule has 0 spiro atoms. The summed E-state index contributed by atoms with van der Waals surface area (Å²) in [4.78, 5) is 0. The van der Waals surface area contributed by atoms with E-state index in [9.17, 15) is 0 Å². The topological polar surface area (TPSA) is 41.6 Å². The SMILES string of the molecule is CC1CCC(c2cn[nH]n2)CC1. The minimum atomic E-state index is 0.667. The van der Waals surface area contributed by atoms with Crippen LogP contribution >= 0.6 is 0 Å². The first-order valence-electron chi connectivity index (χ1n) is 4.72. The van der Waals surface area contributed by atoms with Crippen molar-refractivity contribution in [1.82, 2.24) is 15.4 Å². The Morgan fingerprint density at radius 1 is 1.33 bits per heavy atom. The molecule has 1 aliphatic carbocycles. The number of nitrogens with zero attached hydrogens (tertiary/aromatic N) is 2. The molecule has 66 valence electrons. The van der Waals surface area contributed by atoms with Gasteiger partial charge >= 0.3 is 0 Å². The van der Waals surface area contributed by atoms with Crippen LogP contribution in [0.3, 0.4) is 0 Å². The molecule has 3 heteroatoms. The molecule has 1 heterocycles. The second kappa shape index (κ2) is 3.25. The highest BCUT2D eigenvalue weighted by molar-refractivity contribution is 5.02. The van der Waals surface area contributed by atoms with Gasteiger partial charge in [-0.2, -0.15) is 15.4 Å². The van der Waals surface area contributed by atoms with Gasteiger partial charge in [0.2, 0.25) is 0 Å². The molecule has 0 unspecified atom stereocenters. The van der Waals surface area contributed by atoms with Gasteiger partial charge in [-0.3, -0.25) is 0 Å². The fraction of sp³-hybridized carbons (Fsp3) is 0.778. The fourth-order valence-corrected chi connectivity index (χ4v) is 1.96. The molecule has 0 saturated heterocycles. The Morgan fingerprint density at radius 2 is 2.08 bits per heavy atom. The molecule has 12 heavy (non-hydrogen) atoms. The summed E-state index contributed by atoms with van der Waals surface area (Å²) in [6.45, 7) is 2.33. The zero-order valence-corrected chi connectivity index (χ0v) is 7.45. The summed E-state index contributed by atoms with van der Waals surface area (Å²) in [5, 5.41) is 10.6. The molecule has 1 N–H and O–H groups in total. The fourth-order valence-electron chi connectivity index (χ4n) is 1.96. The van der Waals surface area contributed by atoms with Crippen molar-refractivity contribution in [3.63, 3.8) is 0 Å². The smallest absolute Gasteiger partial charge is 0.0855 e. The molecular formula is C9H15N3. The van der Waals surface area contributed by atoms with Crippen LogP contribution in [0.25, 0.3) is 0 Å². The van der Waals surface area contributed by atoms with Gasteiger partial charge in [0.25, 0.3) is 0 Å². The summed E-state index contributed by atoms with van der Waals surface area (Å²) in [7, 11) is 0. The predicted molar refractivity (Wildman–Crippen MR) is 46.8 cm³/mol. The van der Waals surface area contributed by atoms with Gasteiger partial charge in [0.1, 0.15) is 0 Å². The summed E-state index contributed by atoms with van der Waals surface area (Å²) in [6.07, 6.45) is 7.12. The van der Waals surface area contributed by atoms with Gasteiger partial charge in [0.15, 0.2) is 0 Å². The second-order valence-corrected chi connectivity index (χ2v) is 3.85. The summed E-state index contributed by atoms with van der Waals surface area (Å²) >= 11 is 0. The maximum Gasteiger partial charge on any atom is 0.0855 e. The monoisotopic (exact) mass is 165 g/mol. The van der Waals surface area contributed by atoms with Gasteiger partial charge in [-0.15, -0.1) is 0 Å². The first-order chi connectivity index (χ1) is 5.86. The maximum atomic E-state index is 4.13. The van der Waals surface area contributed by atoms with E-state index < -0.39 is 0 Å². The third kappa shape index (κ3) is 1.49. The number of aromatic amines is 1. The van der Waals surface area contributed by atoms with Crippen molar-refractivity contribution in [2.24, 2.45) is 5.92 Å². The molecule has 0 aliphatic heterocycles. The van der Waals surface area contributed by atoms with Crippen molar-refractivity contribution in [2.75, 3.05) is 0 Å². The minimum Gasteiger partial charge on any atom is -0.198 e. The lowest BCUT2D eigenvalue weighted by atomic mass is 9.82. The van der Waals surface area contributed by atoms with Gasteiger partial charge in [-0.25, -0.2) is 0 Å². The minimum absolute atomic E-state index is 0.667. The van der Waals surface area contributed by atoms with Crippen LogP contribution in [0.4, 0.5) is 0 Å². The largest absolute Gasteiger partial charge is 0.198 e. The molecule has 1 aromatic heterocycles. The van der Waals surface area contributed by atoms with Crippen LogP contribution in [0, 0.1) is 5.92 Å². The standard InChI is InChI=1S/C9H15N3/c1-7-2-4-8(5-3-7)9-6-10-12-11-9/h6-8H,2-5H2,1H3,(H,10,11,12). The molecule has 0 atom stereocenters. The van der Waals surface area contributed by atoms with E-state index in [0.29, 0.717) is 5.92 Å². The van der Waals surface area contributed by atoms with Crippen LogP contribution in [0.2, 0.25) is 0 Å². The van der Waals surface area contributed by atoms with E-state index in [4.69, 9.17) is 0 Å². The van der Waals surface area contributed by atoms with Crippen LogP contribution in [0.5, 0.6) is 0 Å². The van der Waals surface area contributed by atoms with Crippen LogP contribution in [-0.2, 0) is 0 Å². The van der Waals surface area contributed by atoms with Crippen LogP contribution in [-0.4, -0.2) is 15.4 Å². The van der Waals surface area contributed by atoms with Crippen LogP contribution < -0.4 is 0 Å². The molecule has 1 aromatic rings. The molecule has 0 aromatic carbocycles. The Morgan fingerprint density at radius 3 is 2.67 bits per heavy atom. The van der Waals surface area contributed by atoms with Crippen molar-refractivity contribution in [1.29, 1.82) is 0 Å². The maximum absolute atomic E-state index is 4.13. The molecule has 0 radical (unpaired) electrons. The quantitative estimate of drug-likeness (QED) is 0.692. The number of aromatic nitrogens is 3. The van der Waals surface area contributed by atoms with Gasteiger partial charge in [0, 0.05) is 5.92 Å². The van der Waals surface area contributed by atoms with E-state index in [0.717, 1.165) is 11.6 Å². The summed E-state index contributed by atoms with van der Waals surface area (Å²) in [5.74, 6) is 1.58. The van der Waals surface area contributed by atoms with Crippen molar-refractivity contribution in [2.45, 2.75) is 38.5 Å². The first-order valence-corrected chi connectivity index (χ1v) is 4.72. The molecule has 0 bridgehead atoms. The van der Waals surface area contributed by atoms with Gasteiger partial charge in [0.05, 0.1) is 11.9 Å². The molecule has 3 nitrogen and oxygen atoms in total. The molecule has 1 aliphatic rings.